The Bertz CT molecular complexity index is 1260. The summed E-state index contributed by atoms with van der Waals surface area (Å²) in [6.45, 7) is 0.615. The molecule has 0 radical (unpaired) electrons. The SMILES string of the molecule is COc1ccc2nc(COc3ccc(CCC(=O)O)c(OCc4ccncc4)c3)n(C)c2c1.Cl. The van der Waals surface area contributed by atoms with Gasteiger partial charge in [0.1, 0.15) is 36.3 Å². The molecule has 4 rings (SSSR count). The molecule has 178 valence electrons. The number of rotatable bonds is 10. The van der Waals surface area contributed by atoms with Gasteiger partial charge in [0, 0.05) is 38.0 Å². The number of halogens is 1. The van der Waals surface area contributed by atoms with Crippen LogP contribution in [0.1, 0.15) is 23.4 Å². The highest BCUT2D eigenvalue weighted by Crippen LogP contribution is 2.28. The van der Waals surface area contributed by atoms with E-state index >= 15 is 0 Å². The Morgan fingerprint density at radius 2 is 1.76 bits per heavy atom. The molecule has 2 aromatic carbocycles. The zero-order chi connectivity index (χ0) is 23.2. The monoisotopic (exact) mass is 483 g/mol. The first-order valence-electron chi connectivity index (χ1n) is 10.5. The van der Waals surface area contributed by atoms with Crippen LogP contribution in [-0.2, 0) is 31.5 Å². The van der Waals surface area contributed by atoms with Crippen molar-refractivity contribution in [1.29, 1.82) is 0 Å². The normalized spacial score (nSPS) is 10.5. The third kappa shape index (κ3) is 5.96. The third-order valence-corrected chi connectivity index (χ3v) is 5.34. The highest BCUT2D eigenvalue weighted by molar-refractivity contribution is 5.85. The van der Waals surface area contributed by atoms with Crippen molar-refractivity contribution in [2.75, 3.05) is 7.11 Å². The van der Waals surface area contributed by atoms with Crippen LogP contribution in [0.5, 0.6) is 17.2 Å². The van der Waals surface area contributed by atoms with E-state index in [2.05, 4.69) is 9.97 Å². The molecule has 0 saturated heterocycles. The maximum Gasteiger partial charge on any atom is 0.303 e. The number of carbonyl (C=O) groups is 1. The predicted molar refractivity (Wildman–Crippen MR) is 130 cm³/mol. The first-order chi connectivity index (χ1) is 16.0. The minimum atomic E-state index is -0.853. The molecule has 9 heteroatoms. The number of hydrogen-bond donors (Lipinski definition) is 1. The Morgan fingerprint density at radius 1 is 1.00 bits per heavy atom. The van der Waals surface area contributed by atoms with E-state index in [-0.39, 0.29) is 25.4 Å². The van der Waals surface area contributed by atoms with E-state index < -0.39 is 5.97 Å². The fourth-order valence-electron chi connectivity index (χ4n) is 3.47. The van der Waals surface area contributed by atoms with Gasteiger partial charge in [0.2, 0.25) is 0 Å². The summed E-state index contributed by atoms with van der Waals surface area (Å²) in [7, 11) is 3.57. The first kappa shape index (κ1) is 24.9. The number of carboxylic acid groups (broad SMARTS) is 1. The van der Waals surface area contributed by atoms with Crippen LogP contribution >= 0.6 is 12.4 Å². The zero-order valence-electron chi connectivity index (χ0n) is 18.9. The van der Waals surface area contributed by atoms with Gasteiger partial charge in [-0.15, -0.1) is 12.4 Å². The van der Waals surface area contributed by atoms with Crippen molar-refractivity contribution in [3.05, 3.63) is 77.9 Å². The Hall–Kier alpha value is -3.78. The number of carboxylic acids is 1. The van der Waals surface area contributed by atoms with E-state index in [1.807, 2.05) is 54.1 Å². The van der Waals surface area contributed by atoms with E-state index in [1.165, 1.54) is 0 Å². The van der Waals surface area contributed by atoms with Crippen molar-refractivity contribution in [2.24, 2.45) is 7.05 Å². The number of aliphatic carboxylic acids is 1. The van der Waals surface area contributed by atoms with Crippen LogP contribution in [0, 0.1) is 0 Å². The van der Waals surface area contributed by atoms with Crippen LogP contribution in [0.3, 0.4) is 0 Å². The molecule has 0 aliphatic carbocycles. The van der Waals surface area contributed by atoms with E-state index in [9.17, 15) is 4.79 Å². The van der Waals surface area contributed by atoms with E-state index in [4.69, 9.17) is 19.3 Å². The molecular weight excluding hydrogens is 458 g/mol. The highest BCUT2D eigenvalue weighted by Gasteiger charge is 2.12. The predicted octanol–water partition coefficient (Wildman–Crippen LogP) is 4.57. The van der Waals surface area contributed by atoms with Gasteiger partial charge in [-0.1, -0.05) is 6.07 Å². The summed E-state index contributed by atoms with van der Waals surface area (Å²) in [6.07, 6.45) is 3.80. The zero-order valence-corrected chi connectivity index (χ0v) is 19.7. The molecule has 0 amide bonds. The number of nitrogens with zero attached hydrogens (tertiary/aromatic N) is 3. The van der Waals surface area contributed by atoms with Gasteiger partial charge in [0.15, 0.2) is 0 Å². The third-order valence-electron chi connectivity index (χ3n) is 5.34. The molecule has 0 atom stereocenters. The van der Waals surface area contributed by atoms with Gasteiger partial charge in [-0.05, 0) is 47.9 Å². The van der Waals surface area contributed by atoms with Crippen molar-refractivity contribution in [3.8, 4) is 17.2 Å². The lowest BCUT2D eigenvalue weighted by atomic mass is 10.1. The molecule has 0 unspecified atom stereocenters. The molecule has 2 heterocycles. The summed E-state index contributed by atoms with van der Waals surface area (Å²) < 4.78 is 19.3. The Labute approximate surface area is 203 Å². The Kier molecular flexibility index (Phi) is 8.32. The van der Waals surface area contributed by atoms with Crippen molar-refractivity contribution < 1.29 is 24.1 Å². The second kappa shape index (κ2) is 11.4. The molecular formula is C25H26ClN3O5. The minimum Gasteiger partial charge on any atom is -0.497 e. The van der Waals surface area contributed by atoms with Crippen molar-refractivity contribution >= 4 is 29.4 Å². The van der Waals surface area contributed by atoms with E-state index in [0.29, 0.717) is 24.5 Å². The summed E-state index contributed by atoms with van der Waals surface area (Å²) in [5.74, 6) is 1.90. The number of benzene rings is 2. The van der Waals surface area contributed by atoms with Crippen LogP contribution in [0.25, 0.3) is 11.0 Å². The number of fused-ring (bicyclic) bond motifs is 1. The molecule has 0 aliphatic heterocycles. The maximum absolute atomic E-state index is 11.0. The second-order valence-electron chi connectivity index (χ2n) is 7.54. The molecule has 2 aromatic heterocycles. The lowest BCUT2D eigenvalue weighted by Crippen LogP contribution is -2.05. The van der Waals surface area contributed by atoms with Gasteiger partial charge in [-0.25, -0.2) is 4.98 Å². The van der Waals surface area contributed by atoms with Gasteiger partial charge in [0.25, 0.3) is 0 Å². The summed E-state index contributed by atoms with van der Waals surface area (Å²) in [5.41, 5.74) is 3.60. The number of aryl methyl sites for hydroxylation is 2. The van der Waals surface area contributed by atoms with Gasteiger partial charge in [-0.2, -0.15) is 0 Å². The lowest BCUT2D eigenvalue weighted by molar-refractivity contribution is -0.136. The molecule has 0 spiro atoms. The van der Waals surface area contributed by atoms with Crippen LogP contribution < -0.4 is 14.2 Å². The average Bonchev–Trinajstić information content (AvgIpc) is 3.15. The molecule has 0 fully saturated rings. The van der Waals surface area contributed by atoms with Crippen LogP contribution in [0.4, 0.5) is 0 Å². The average molecular weight is 484 g/mol. The standard InChI is InChI=1S/C25H25N3O5.ClH/c1-28-22-13-19(31-2)6-7-21(22)27-24(28)16-32-20-5-3-18(4-8-25(29)30)23(14-20)33-15-17-9-11-26-12-10-17;/h3,5-7,9-14H,4,8,15-16H2,1-2H3,(H,29,30);1H. The van der Waals surface area contributed by atoms with Crippen LogP contribution in [0.2, 0.25) is 0 Å². The van der Waals surface area contributed by atoms with Crippen molar-refractivity contribution in [1.82, 2.24) is 14.5 Å². The van der Waals surface area contributed by atoms with Gasteiger partial charge in [-0.3, -0.25) is 9.78 Å². The van der Waals surface area contributed by atoms with Crippen molar-refractivity contribution in [2.45, 2.75) is 26.1 Å². The largest absolute Gasteiger partial charge is 0.497 e. The fourth-order valence-corrected chi connectivity index (χ4v) is 3.47. The summed E-state index contributed by atoms with van der Waals surface area (Å²) in [4.78, 5) is 19.7. The summed E-state index contributed by atoms with van der Waals surface area (Å²) >= 11 is 0. The maximum atomic E-state index is 11.0. The van der Waals surface area contributed by atoms with E-state index in [0.717, 1.165) is 33.7 Å². The number of imidazole rings is 1. The van der Waals surface area contributed by atoms with E-state index in [1.54, 1.807) is 25.6 Å². The van der Waals surface area contributed by atoms with Crippen molar-refractivity contribution in [3.63, 3.8) is 0 Å². The summed E-state index contributed by atoms with van der Waals surface area (Å²) in [5, 5.41) is 9.07. The lowest BCUT2D eigenvalue weighted by Gasteiger charge is -2.14. The second-order valence-corrected chi connectivity index (χ2v) is 7.54. The molecule has 34 heavy (non-hydrogen) atoms. The molecule has 0 bridgehead atoms. The summed E-state index contributed by atoms with van der Waals surface area (Å²) in [6, 6.07) is 14.9. The number of hydrogen-bond acceptors (Lipinski definition) is 6. The van der Waals surface area contributed by atoms with Crippen LogP contribution in [0.15, 0.2) is 60.9 Å². The molecule has 0 saturated carbocycles. The quantitative estimate of drug-likeness (QED) is 0.353. The molecule has 0 aliphatic rings. The van der Waals surface area contributed by atoms with Gasteiger partial charge >= 0.3 is 5.97 Å². The first-order valence-corrected chi connectivity index (χ1v) is 10.5. The topological polar surface area (TPSA) is 95.7 Å². The number of ether oxygens (including phenoxy) is 3. The fraction of sp³-hybridized carbons (Fsp3) is 0.240. The highest BCUT2D eigenvalue weighted by atomic mass is 35.5. The number of aromatic nitrogens is 3. The Morgan fingerprint density at radius 3 is 2.50 bits per heavy atom. The Balaban J connectivity index is 0.00000324. The number of methoxy groups -OCH3 is 1. The number of pyridine rings is 1. The smallest absolute Gasteiger partial charge is 0.303 e. The van der Waals surface area contributed by atoms with Gasteiger partial charge in [0.05, 0.1) is 18.1 Å². The molecule has 1 N–H and O–H groups in total. The molecule has 8 nitrogen and oxygen atoms in total. The molecule has 4 aromatic rings. The minimum absolute atomic E-state index is 0. The van der Waals surface area contributed by atoms with Gasteiger partial charge < -0.3 is 23.9 Å². The van der Waals surface area contributed by atoms with Crippen LogP contribution in [-0.4, -0.2) is 32.7 Å².